The van der Waals surface area contributed by atoms with Gasteiger partial charge in [0.2, 0.25) is 0 Å². The highest BCUT2D eigenvalue weighted by Gasteiger charge is 2.19. The topological polar surface area (TPSA) is 109 Å². The van der Waals surface area contributed by atoms with E-state index in [4.69, 9.17) is 5.73 Å². The first kappa shape index (κ1) is 23.3. The summed E-state index contributed by atoms with van der Waals surface area (Å²) in [4.78, 5) is 16.8. The van der Waals surface area contributed by atoms with E-state index in [0.717, 1.165) is 6.07 Å². The Morgan fingerprint density at radius 3 is 2.50 bits per heavy atom. The lowest BCUT2D eigenvalue weighted by atomic mass is 9.95. The second kappa shape index (κ2) is 8.82. The summed E-state index contributed by atoms with van der Waals surface area (Å²) < 4.78 is 28.9. The molecule has 0 aliphatic rings. The number of nitrogens with two attached hydrogens (primary N) is 1. The van der Waals surface area contributed by atoms with Gasteiger partial charge in [0.15, 0.2) is 5.65 Å². The van der Waals surface area contributed by atoms with Crippen LogP contribution in [0.5, 0.6) is 0 Å². The van der Waals surface area contributed by atoms with Gasteiger partial charge in [-0.2, -0.15) is 5.10 Å². The molecule has 4 N–H and O–H groups in total. The lowest BCUT2D eigenvalue weighted by Gasteiger charge is -2.18. The summed E-state index contributed by atoms with van der Waals surface area (Å²) in [7, 11) is 0. The van der Waals surface area contributed by atoms with Crippen molar-refractivity contribution in [2.75, 3.05) is 0 Å². The third-order valence-corrected chi connectivity index (χ3v) is 5.26. The number of rotatable bonds is 4. The number of hydrogen-bond acceptors (Lipinski definition) is 5. The number of halogens is 2. The molecule has 4 rings (SSSR count). The fraction of sp³-hybridized carbons (Fsp3) is 0.240. The molecule has 174 valence electrons. The third kappa shape index (κ3) is 4.88. The van der Waals surface area contributed by atoms with Gasteiger partial charge in [-0.05, 0) is 75.1 Å². The van der Waals surface area contributed by atoms with Gasteiger partial charge in [0, 0.05) is 22.9 Å². The van der Waals surface area contributed by atoms with Crippen LogP contribution in [0, 0.1) is 30.4 Å². The van der Waals surface area contributed by atoms with Crippen LogP contribution in [0.15, 0.2) is 47.3 Å². The van der Waals surface area contributed by atoms with Crippen molar-refractivity contribution >= 4 is 5.65 Å². The Balaban J connectivity index is 1.86. The van der Waals surface area contributed by atoms with E-state index in [9.17, 15) is 18.7 Å². The summed E-state index contributed by atoms with van der Waals surface area (Å²) in [6.07, 6.45) is 0.115. The monoisotopic (exact) mass is 463 g/mol. The molecule has 0 radical (unpaired) electrons. The molecule has 0 bridgehead atoms. The van der Waals surface area contributed by atoms with E-state index in [1.165, 1.54) is 16.5 Å². The second-order valence-electron chi connectivity index (χ2n) is 8.58. The molecule has 0 amide bonds. The number of fused-ring (bicyclic) bond motifs is 1. The summed E-state index contributed by atoms with van der Waals surface area (Å²) in [5.74, 6) is 4.16. The Morgan fingerprint density at radius 2 is 1.82 bits per heavy atom. The van der Waals surface area contributed by atoms with Crippen LogP contribution >= 0.6 is 0 Å². The normalized spacial score (nSPS) is 12.4. The maximum atomic E-state index is 13.7. The molecule has 7 nitrogen and oxygen atoms in total. The van der Waals surface area contributed by atoms with E-state index in [2.05, 4.69) is 27.0 Å². The zero-order chi connectivity index (χ0) is 24.6. The number of nitrogens with zero attached hydrogens (tertiary/aromatic N) is 3. The maximum Gasteiger partial charge on any atom is 0.347 e. The summed E-state index contributed by atoms with van der Waals surface area (Å²) in [5.41, 5.74) is 8.52. The zero-order valence-corrected chi connectivity index (χ0v) is 18.9. The molecule has 0 aliphatic heterocycles. The average Bonchev–Trinajstić information content (AvgIpc) is 3.13. The van der Waals surface area contributed by atoms with Crippen molar-refractivity contribution in [2.24, 2.45) is 5.73 Å². The van der Waals surface area contributed by atoms with Crippen molar-refractivity contribution in [3.63, 3.8) is 0 Å². The number of hydrogen-bond donors (Lipinski definition) is 3. The van der Waals surface area contributed by atoms with Gasteiger partial charge in [-0.3, -0.25) is 0 Å². The van der Waals surface area contributed by atoms with Crippen LogP contribution in [-0.2, 0) is 6.42 Å². The lowest BCUT2D eigenvalue weighted by Crippen LogP contribution is -2.18. The van der Waals surface area contributed by atoms with Gasteiger partial charge < -0.3 is 10.8 Å². The Morgan fingerprint density at radius 1 is 1.15 bits per heavy atom. The Hall–Kier alpha value is -3.87. The predicted octanol–water partition coefficient (Wildman–Crippen LogP) is 3.04. The number of aromatic amines is 1. The highest BCUT2D eigenvalue weighted by Crippen LogP contribution is 2.30. The van der Waals surface area contributed by atoms with E-state index < -0.39 is 23.3 Å². The smallest absolute Gasteiger partial charge is 0.347 e. The maximum absolute atomic E-state index is 13.7. The van der Waals surface area contributed by atoms with Crippen molar-refractivity contribution in [1.29, 1.82) is 0 Å². The standard InChI is InChI=1S/C25H23F2N5O2/c1-14-19(6-7-22-30-31-24(33)32(14)22)20-5-4-18(8-9-25(2,3)34)29-23(20)21(28)12-15-10-16(26)13-17(27)11-15/h4-7,10-11,13,21,34H,12,28H2,1-3H3,(H,31,33). The number of aromatic nitrogens is 4. The molecular formula is C25H23F2N5O2. The van der Waals surface area contributed by atoms with Crippen molar-refractivity contribution in [2.45, 2.75) is 38.8 Å². The molecule has 9 heteroatoms. The van der Waals surface area contributed by atoms with E-state index in [1.54, 1.807) is 39.0 Å². The van der Waals surface area contributed by atoms with Crippen molar-refractivity contribution < 1.29 is 13.9 Å². The average molecular weight is 463 g/mol. The number of aliphatic hydroxyl groups is 1. The van der Waals surface area contributed by atoms with Crippen molar-refractivity contribution in [1.82, 2.24) is 19.6 Å². The van der Waals surface area contributed by atoms with Gasteiger partial charge in [-0.25, -0.2) is 28.1 Å². The van der Waals surface area contributed by atoms with Crippen LogP contribution in [0.1, 0.15) is 42.5 Å². The van der Waals surface area contributed by atoms with Gasteiger partial charge in [0.25, 0.3) is 0 Å². The van der Waals surface area contributed by atoms with Crippen LogP contribution < -0.4 is 11.4 Å². The molecule has 3 aromatic heterocycles. The first-order valence-corrected chi connectivity index (χ1v) is 10.6. The van der Waals surface area contributed by atoms with Crippen molar-refractivity contribution in [3.05, 3.63) is 87.2 Å². The summed E-state index contributed by atoms with van der Waals surface area (Å²) >= 11 is 0. The van der Waals surface area contributed by atoms with Crippen molar-refractivity contribution in [3.8, 4) is 23.0 Å². The molecule has 1 atom stereocenters. The molecular weight excluding hydrogens is 440 g/mol. The summed E-state index contributed by atoms with van der Waals surface area (Å²) in [6.45, 7) is 4.89. The van der Waals surface area contributed by atoms with Crippen LogP contribution in [0.2, 0.25) is 0 Å². The van der Waals surface area contributed by atoms with Crippen LogP contribution in [0.4, 0.5) is 8.78 Å². The number of pyridine rings is 2. The van der Waals surface area contributed by atoms with Gasteiger partial charge >= 0.3 is 5.69 Å². The molecule has 34 heavy (non-hydrogen) atoms. The third-order valence-electron chi connectivity index (χ3n) is 5.26. The molecule has 0 saturated carbocycles. The molecule has 0 saturated heterocycles. The van der Waals surface area contributed by atoms with Gasteiger partial charge in [0.05, 0.1) is 11.7 Å². The van der Waals surface area contributed by atoms with Gasteiger partial charge in [0.1, 0.15) is 22.9 Å². The quantitative estimate of drug-likeness (QED) is 0.403. The fourth-order valence-corrected chi connectivity index (χ4v) is 3.78. The number of H-pyrrole nitrogens is 1. The molecule has 0 spiro atoms. The minimum Gasteiger partial charge on any atom is -0.378 e. The molecule has 0 aliphatic carbocycles. The summed E-state index contributed by atoms with van der Waals surface area (Å²) in [6, 6.07) is 9.48. The first-order chi connectivity index (χ1) is 16.0. The highest BCUT2D eigenvalue weighted by atomic mass is 19.1. The molecule has 1 aromatic carbocycles. The number of benzene rings is 1. The molecule has 1 unspecified atom stereocenters. The van der Waals surface area contributed by atoms with E-state index in [-0.39, 0.29) is 12.1 Å². The van der Waals surface area contributed by atoms with Crippen LogP contribution in [0.25, 0.3) is 16.8 Å². The SMILES string of the molecule is Cc1c(-c2ccc(C#CC(C)(C)O)nc2C(N)Cc2cc(F)cc(F)c2)ccc2n[nH]c(=O)n12. The Kier molecular flexibility index (Phi) is 6.04. The fourth-order valence-electron chi connectivity index (χ4n) is 3.78. The molecule has 4 aromatic rings. The lowest BCUT2D eigenvalue weighted by molar-refractivity contribution is 0.143. The van der Waals surface area contributed by atoms with Gasteiger partial charge in [-0.1, -0.05) is 5.92 Å². The molecule has 0 fully saturated rings. The number of aryl methyl sites for hydroxylation is 1. The minimum atomic E-state index is -1.22. The van der Waals surface area contributed by atoms with Crippen LogP contribution in [-0.4, -0.2) is 30.3 Å². The summed E-state index contributed by atoms with van der Waals surface area (Å²) in [5, 5.41) is 16.3. The largest absolute Gasteiger partial charge is 0.378 e. The van der Waals surface area contributed by atoms with Crippen LogP contribution in [0.3, 0.4) is 0 Å². The zero-order valence-electron chi connectivity index (χ0n) is 18.9. The minimum absolute atomic E-state index is 0.115. The predicted molar refractivity (Wildman–Crippen MR) is 124 cm³/mol. The number of nitrogens with one attached hydrogen (secondary N) is 1. The Bertz CT molecular complexity index is 1490. The Labute approximate surface area is 194 Å². The van der Waals surface area contributed by atoms with Gasteiger partial charge in [-0.15, -0.1) is 0 Å². The van der Waals surface area contributed by atoms with E-state index in [1.807, 2.05) is 6.07 Å². The first-order valence-electron chi connectivity index (χ1n) is 10.6. The highest BCUT2D eigenvalue weighted by molar-refractivity contribution is 5.71. The second-order valence-corrected chi connectivity index (χ2v) is 8.58. The molecule has 3 heterocycles. The van der Waals surface area contributed by atoms with E-state index in [0.29, 0.717) is 39.4 Å². The van der Waals surface area contributed by atoms with E-state index >= 15 is 0 Å².